The molecule has 0 aromatic heterocycles. The Morgan fingerprint density at radius 3 is 3.10 bits per heavy atom. The van der Waals surface area contributed by atoms with Gasteiger partial charge in [0, 0.05) is 6.42 Å². The first-order valence-corrected chi connectivity index (χ1v) is 6.77. The van der Waals surface area contributed by atoms with Gasteiger partial charge in [0.25, 0.3) is 0 Å². The number of carbonyl (C=O) groups is 1. The van der Waals surface area contributed by atoms with Crippen molar-refractivity contribution in [1.82, 2.24) is 0 Å². The zero-order chi connectivity index (χ0) is 14.8. The number of hydrogen-bond donors (Lipinski definition) is 1. The fourth-order valence-electron chi connectivity index (χ4n) is 2.45. The predicted octanol–water partition coefficient (Wildman–Crippen LogP) is 1.06. The molecule has 0 fully saturated rings. The van der Waals surface area contributed by atoms with Crippen molar-refractivity contribution in [2.24, 2.45) is 0 Å². The van der Waals surface area contributed by atoms with Crippen molar-refractivity contribution in [3.8, 4) is 5.75 Å². The Labute approximate surface area is 123 Å². The summed E-state index contributed by atoms with van der Waals surface area (Å²) in [5, 5.41) is 9.60. The van der Waals surface area contributed by atoms with E-state index >= 15 is 0 Å². The molecule has 21 heavy (non-hydrogen) atoms. The number of allylic oxidation sites excluding steroid dienone is 2. The van der Waals surface area contributed by atoms with Crippen molar-refractivity contribution in [3.05, 3.63) is 47.2 Å². The normalized spacial score (nSPS) is 17.0. The molecule has 2 aliphatic rings. The molecule has 0 radical (unpaired) electrons. The first kappa shape index (κ1) is 13.9. The Hall–Kier alpha value is -2.05. The summed E-state index contributed by atoms with van der Waals surface area (Å²) in [7, 11) is 0.486. The molecule has 0 saturated carbocycles. The Bertz CT molecular complexity index is 635. The van der Waals surface area contributed by atoms with E-state index in [1.54, 1.807) is 18.2 Å². The first-order valence-electron chi connectivity index (χ1n) is 6.77. The summed E-state index contributed by atoms with van der Waals surface area (Å²) in [5.74, 6) is 0.822. The lowest BCUT2D eigenvalue weighted by Crippen LogP contribution is -2.27. The van der Waals surface area contributed by atoms with E-state index in [0.717, 1.165) is 17.4 Å². The second-order valence-corrected chi connectivity index (χ2v) is 4.90. The summed E-state index contributed by atoms with van der Waals surface area (Å²) in [6.45, 7) is 0.358. The molecule has 0 unspecified atom stereocenters. The fourth-order valence-corrected chi connectivity index (χ4v) is 2.45. The third-order valence-corrected chi connectivity index (χ3v) is 3.55. The number of methoxy groups -OCH3 is 1. The molecule has 0 saturated heterocycles. The van der Waals surface area contributed by atoms with Crippen LogP contribution in [0.4, 0.5) is 0 Å². The Balaban J connectivity index is 1.87. The maximum Gasteiger partial charge on any atom is 0.491 e. The van der Waals surface area contributed by atoms with Crippen LogP contribution in [0.1, 0.15) is 18.4 Å². The monoisotopic (exact) mass is 286 g/mol. The highest BCUT2D eigenvalue weighted by Crippen LogP contribution is 2.25. The molecule has 1 N–H and O–H groups in total. The third kappa shape index (κ3) is 2.72. The number of fused-ring (bicyclic) bond motifs is 1. The van der Waals surface area contributed by atoms with Crippen LogP contribution >= 0.6 is 0 Å². The van der Waals surface area contributed by atoms with Gasteiger partial charge in [0.2, 0.25) is 0 Å². The third-order valence-electron chi connectivity index (χ3n) is 3.55. The standard InChI is InChI=1S/C15H15BO5/c1-19-15(17)12-4-2-3-5-14(12)21-11-6-7-13-10(8-11)9-20-16(13)18/h2,4,6-8,18H,3,5,9H2,1H3. The van der Waals surface area contributed by atoms with Crippen LogP contribution in [0, 0.1) is 0 Å². The summed E-state index contributed by atoms with van der Waals surface area (Å²) in [5.41, 5.74) is 2.10. The van der Waals surface area contributed by atoms with Gasteiger partial charge >= 0.3 is 13.1 Å². The van der Waals surface area contributed by atoms with Crippen LogP contribution in [0.15, 0.2) is 41.7 Å². The van der Waals surface area contributed by atoms with Gasteiger partial charge in [0.1, 0.15) is 11.5 Å². The average Bonchev–Trinajstić information content (AvgIpc) is 2.88. The number of benzene rings is 1. The number of rotatable bonds is 3. The summed E-state index contributed by atoms with van der Waals surface area (Å²) >= 11 is 0. The molecule has 5 nitrogen and oxygen atoms in total. The van der Waals surface area contributed by atoms with E-state index in [4.69, 9.17) is 14.1 Å². The number of hydrogen-bond acceptors (Lipinski definition) is 5. The lowest BCUT2D eigenvalue weighted by atomic mass is 9.79. The summed E-state index contributed by atoms with van der Waals surface area (Å²) < 4.78 is 15.8. The van der Waals surface area contributed by atoms with Crippen molar-refractivity contribution < 1.29 is 23.9 Å². The van der Waals surface area contributed by atoms with E-state index in [2.05, 4.69) is 0 Å². The minimum atomic E-state index is -0.864. The molecule has 3 rings (SSSR count). The quantitative estimate of drug-likeness (QED) is 0.665. The number of esters is 1. The molecule has 1 heterocycles. The minimum absolute atomic E-state index is 0.358. The molecule has 1 aliphatic carbocycles. The molecule has 1 aromatic rings. The van der Waals surface area contributed by atoms with Crippen LogP contribution in [0.25, 0.3) is 0 Å². The lowest BCUT2D eigenvalue weighted by molar-refractivity contribution is -0.135. The topological polar surface area (TPSA) is 65.0 Å². The largest absolute Gasteiger partial charge is 0.491 e. The Kier molecular flexibility index (Phi) is 3.81. The van der Waals surface area contributed by atoms with Gasteiger partial charge in [-0.1, -0.05) is 12.1 Å². The molecule has 0 spiro atoms. The Morgan fingerprint density at radius 1 is 1.43 bits per heavy atom. The van der Waals surface area contributed by atoms with E-state index in [9.17, 15) is 9.82 Å². The highest BCUT2D eigenvalue weighted by molar-refractivity contribution is 6.61. The molecular weight excluding hydrogens is 271 g/mol. The molecule has 0 atom stereocenters. The van der Waals surface area contributed by atoms with E-state index < -0.39 is 13.1 Å². The summed E-state index contributed by atoms with van der Waals surface area (Å²) in [4.78, 5) is 11.7. The predicted molar refractivity (Wildman–Crippen MR) is 76.9 cm³/mol. The fraction of sp³-hybridized carbons (Fsp3) is 0.267. The maximum absolute atomic E-state index is 11.7. The highest BCUT2D eigenvalue weighted by Gasteiger charge is 2.27. The van der Waals surface area contributed by atoms with Crippen LogP contribution in [-0.4, -0.2) is 25.2 Å². The van der Waals surface area contributed by atoms with Gasteiger partial charge in [0.05, 0.1) is 19.3 Å². The molecule has 1 aromatic carbocycles. The van der Waals surface area contributed by atoms with Crippen molar-refractivity contribution in [2.75, 3.05) is 7.11 Å². The van der Waals surface area contributed by atoms with Crippen molar-refractivity contribution in [1.29, 1.82) is 0 Å². The average molecular weight is 286 g/mol. The van der Waals surface area contributed by atoms with E-state index in [-0.39, 0.29) is 0 Å². The van der Waals surface area contributed by atoms with Crippen LogP contribution in [-0.2, 0) is 20.8 Å². The van der Waals surface area contributed by atoms with Gasteiger partial charge in [0.15, 0.2) is 0 Å². The van der Waals surface area contributed by atoms with E-state index in [1.807, 2.05) is 12.1 Å². The molecule has 0 bridgehead atoms. The summed E-state index contributed by atoms with van der Waals surface area (Å²) in [6.07, 6.45) is 5.12. The van der Waals surface area contributed by atoms with Crippen LogP contribution in [0.3, 0.4) is 0 Å². The first-order chi connectivity index (χ1) is 10.2. The van der Waals surface area contributed by atoms with Gasteiger partial charge in [-0.25, -0.2) is 4.79 Å². The van der Waals surface area contributed by atoms with Gasteiger partial charge in [-0.15, -0.1) is 0 Å². The maximum atomic E-state index is 11.7. The van der Waals surface area contributed by atoms with E-state index in [1.165, 1.54) is 7.11 Å². The van der Waals surface area contributed by atoms with Gasteiger partial charge < -0.3 is 19.2 Å². The lowest BCUT2D eigenvalue weighted by Gasteiger charge is -2.16. The van der Waals surface area contributed by atoms with Gasteiger partial charge in [-0.2, -0.15) is 0 Å². The second kappa shape index (κ2) is 5.75. The van der Waals surface area contributed by atoms with E-state index in [0.29, 0.717) is 30.1 Å². The second-order valence-electron chi connectivity index (χ2n) is 4.90. The van der Waals surface area contributed by atoms with Crippen molar-refractivity contribution in [3.63, 3.8) is 0 Å². The smallest absolute Gasteiger partial charge is 0.465 e. The molecule has 1 aliphatic heterocycles. The summed E-state index contributed by atoms with van der Waals surface area (Å²) in [6, 6.07) is 5.36. The molecule has 108 valence electrons. The number of carbonyl (C=O) groups excluding carboxylic acids is 1. The minimum Gasteiger partial charge on any atom is -0.465 e. The Morgan fingerprint density at radius 2 is 2.29 bits per heavy atom. The SMILES string of the molecule is COC(=O)C1=C(Oc2ccc3c(c2)COB3O)CCC=C1. The van der Waals surface area contributed by atoms with Crippen molar-refractivity contribution in [2.45, 2.75) is 19.4 Å². The van der Waals surface area contributed by atoms with Crippen LogP contribution in [0.2, 0.25) is 0 Å². The highest BCUT2D eigenvalue weighted by atomic mass is 16.5. The zero-order valence-corrected chi connectivity index (χ0v) is 11.7. The molecule has 0 amide bonds. The zero-order valence-electron chi connectivity index (χ0n) is 11.7. The van der Waals surface area contributed by atoms with Gasteiger partial charge in [-0.05, 0) is 35.7 Å². The van der Waals surface area contributed by atoms with Gasteiger partial charge in [-0.3, -0.25) is 0 Å². The molecule has 6 heteroatoms. The van der Waals surface area contributed by atoms with Crippen LogP contribution < -0.4 is 10.2 Å². The van der Waals surface area contributed by atoms with Crippen molar-refractivity contribution >= 4 is 18.6 Å². The number of ether oxygens (including phenoxy) is 2. The molecular formula is C15H15BO5. The van der Waals surface area contributed by atoms with Crippen LogP contribution in [0.5, 0.6) is 5.75 Å².